The van der Waals surface area contributed by atoms with Crippen molar-refractivity contribution in [3.8, 4) is 5.75 Å². The Morgan fingerprint density at radius 1 is 1.30 bits per heavy atom. The van der Waals surface area contributed by atoms with E-state index in [4.69, 9.17) is 9.52 Å². The number of hydrogen-bond acceptors (Lipinski definition) is 5. The van der Waals surface area contributed by atoms with E-state index in [1.165, 1.54) is 13.0 Å². The summed E-state index contributed by atoms with van der Waals surface area (Å²) in [4.78, 5) is 34.7. The highest BCUT2D eigenvalue weighted by Crippen LogP contribution is 2.29. The number of rotatable bonds is 4. The van der Waals surface area contributed by atoms with E-state index in [2.05, 4.69) is 5.32 Å². The van der Waals surface area contributed by atoms with Gasteiger partial charge in [0.15, 0.2) is 0 Å². The van der Waals surface area contributed by atoms with Gasteiger partial charge < -0.3 is 19.9 Å². The molecule has 0 aliphatic heterocycles. The first-order valence-electron chi connectivity index (χ1n) is 6.98. The Morgan fingerprint density at radius 3 is 2.57 bits per heavy atom. The van der Waals surface area contributed by atoms with E-state index in [0.717, 1.165) is 5.56 Å². The number of aromatic hydroxyl groups is 1. The van der Waals surface area contributed by atoms with E-state index in [1.54, 1.807) is 19.9 Å². The number of benzene rings is 1. The predicted molar refractivity (Wildman–Crippen MR) is 82.6 cm³/mol. The van der Waals surface area contributed by atoms with Crippen molar-refractivity contribution in [1.82, 2.24) is 5.32 Å². The van der Waals surface area contributed by atoms with Gasteiger partial charge >= 0.3 is 11.6 Å². The van der Waals surface area contributed by atoms with Crippen molar-refractivity contribution in [2.24, 2.45) is 0 Å². The number of phenols is 1. The van der Waals surface area contributed by atoms with Crippen LogP contribution in [0.5, 0.6) is 5.75 Å². The number of phenolic OH excluding ortho intramolecular Hbond substituents is 1. The lowest BCUT2D eigenvalue weighted by Crippen LogP contribution is -2.39. The zero-order valence-corrected chi connectivity index (χ0v) is 13.0. The average Bonchev–Trinajstić information content (AvgIpc) is 2.42. The number of carboxylic acid groups (broad SMARTS) is 1. The molecule has 0 spiro atoms. The zero-order valence-electron chi connectivity index (χ0n) is 13.0. The molecule has 122 valence electrons. The maximum Gasteiger partial charge on any atom is 0.340 e. The zero-order chi connectivity index (χ0) is 17.3. The van der Waals surface area contributed by atoms with Gasteiger partial charge in [0, 0.05) is 0 Å². The topological polar surface area (TPSA) is 117 Å². The predicted octanol–water partition coefficient (Wildman–Crippen LogP) is 1.25. The van der Waals surface area contributed by atoms with Gasteiger partial charge in [-0.15, -0.1) is 0 Å². The van der Waals surface area contributed by atoms with Crippen LogP contribution in [0.25, 0.3) is 11.0 Å². The fourth-order valence-electron chi connectivity index (χ4n) is 2.38. The number of carboxylic acids is 1. The van der Waals surface area contributed by atoms with Gasteiger partial charge in [-0.3, -0.25) is 9.59 Å². The molecule has 0 fully saturated rings. The van der Waals surface area contributed by atoms with Crippen LogP contribution in [0.15, 0.2) is 21.3 Å². The maximum atomic E-state index is 12.1. The Kier molecular flexibility index (Phi) is 4.40. The maximum absolute atomic E-state index is 12.1. The molecular formula is C16H17NO6. The van der Waals surface area contributed by atoms with E-state index in [0.29, 0.717) is 10.9 Å². The fourth-order valence-corrected chi connectivity index (χ4v) is 2.38. The minimum atomic E-state index is -1.17. The summed E-state index contributed by atoms with van der Waals surface area (Å²) in [5.41, 5.74) is 0.822. The van der Waals surface area contributed by atoms with E-state index in [9.17, 15) is 19.5 Å². The summed E-state index contributed by atoms with van der Waals surface area (Å²) in [6.07, 6.45) is -0.324. The molecule has 1 heterocycles. The normalized spacial score (nSPS) is 12.1. The van der Waals surface area contributed by atoms with Crippen molar-refractivity contribution in [2.45, 2.75) is 33.2 Å². The second-order valence-corrected chi connectivity index (χ2v) is 5.45. The summed E-state index contributed by atoms with van der Waals surface area (Å²) in [6, 6.07) is 2.09. The van der Waals surface area contributed by atoms with Gasteiger partial charge in [0.1, 0.15) is 17.4 Å². The number of aliphatic carboxylic acids is 1. The summed E-state index contributed by atoms with van der Waals surface area (Å²) < 4.78 is 5.18. The molecule has 0 aliphatic rings. The summed E-state index contributed by atoms with van der Waals surface area (Å²) in [5, 5.41) is 21.5. The number of fused-ring (bicyclic) bond motifs is 1. The molecule has 0 radical (unpaired) electrons. The number of hydrogen-bond donors (Lipinski definition) is 3. The van der Waals surface area contributed by atoms with Crippen molar-refractivity contribution in [1.29, 1.82) is 0 Å². The molecular weight excluding hydrogens is 302 g/mol. The van der Waals surface area contributed by atoms with Crippen LogP contribution in [0.3, 0.4) is 0 Å². The van der Waals surface area contributed by atoms with Crippen LogP contribution in [0.2, 0.25) is 0 Å². The molecule has 1 atom stereocenters. The van der Waals surface area contributed by atoms with Gasteiger partial charge in [-0.2, -0.15) is 0 Å². The van der Waals surface area contributed by atoms with Gasteiger partial charge in [-0.25, -0.2) is 4.79 Å². The van der Waals surface area contributed by atoms with Gasteiger partial charge in [-0.05, 0) is 44.0 Å². The first kappa shape index (κ1) is 16.5. The molecule has 0 bridgehead atoms. The molecule has 0 unspecified atom stereocenters. The second-order valence-electron chi connectivity index (χ2n) is 5.45. The van der Waals surface area contributed by atoms with Crippen LogP contribution >= 0.6 is 0 Å². The third-order valence-corrected chi connectivity index (χ3v) is 3.59. The second kappa shape index (κ2) is 6.12. The van der Waals surface area contributed by atoms with Crippen LogP contribution in [0.4, 0.5) is 0 Å². The molecule has 7 heteroatoms. The number of amides is 1. The van der Waals surface area contributed by atoms with Crippen LogP contribution in [-0.2, 0) is 16.0 Å². The molecule has 0 aliphatic carbocycles. The number of carbonyl (C=O) groups is 2. The molecule has 0 saturated heterocycles. The number of carbonyl (C=O) groups excluding carboxylic acids is 1. The Balaban J connectivity index is 2.44. The summed E-state index contributed by atoms with van der Waals surface area (Å²) in [7, 11) is 0. The molecule has 0 saturated carbocycles. The van der Waals surface area contributed by atoms with Crippen molar-refractivity contribution >= 4 is 22.8 Å². The summed E-state index contributed by atoms with van der Waals surface area (Å²) in [6.45, 7) is 4.69. The Morgan fingerprint density at radius 2 is 1.96 bits per heavy atom. The van der Waals surface area contributed by atoms with Gasteiger partial charge in [0.05, 0.1) is 17.4 Å². The molecule has 1 amide bonds. The molecule has 7 nitrogen and oxygen atoms in total. The summed E-state index contributed by atoms with van der Waals surface area (Å²) in [5.74, 6) is -1.82. The standard InChI is InChI=1S/C16H17NO6/c1-7-4-11(18)14-8(2)10(16(22)23-12(14)5-7)6-13(19)17-9(3)15(20)21/h4-5,9,18H,6H2,1-3H3,(H,17,19)(H,20,21)/t9-/m1/s1. The fraction of sp³-hybridized carbons (Fsp3) is 0.312. The smallest absolute Gasteiger partial charge is 0.340 e. The Bertz CT molecular complexity index is 852. The summed E-state index contributed by atoms with van der Waals surface area (Å²) >= 11 is 0. The van der Waals surface area contributed by atoms with Crippen molar-refractivity contribution in [2.75, 3.05) is 0 Å². The minimum absolute atomic E-state index is 0.0400. The van der Waals surface area contributed by atoms with E-state index < -0.39 is 23.5 Å². The van der Waals surface area contributed by atoms with E-state index >= 15 is 0 Å². The van der Waals surface area contributed by atoms with Crippen molar-refractivity contribution in [3.05, 3.63) is 39.2 Å². The molecule has 1 aromatic carbocycles. The average molecular weight is 319 g/mol. The van der Waals surface area contributed by atoms with E-state index in [1.807, 2.05) is 0 Å². The largest absolute Gasteiger partial charge is 0.507 e. The monoisotopic (exact) mass is 319 g/mol. The van der Waals surface area contributed by atoms with E-state index in [-0.39, 0.29) is 23.3 Å². The molecule has 2 rings (SSSR count). The van der Waals surface area contributed by atoms with Crippen LogP contribution < -0.4 is 10.9 Å². The van der Waals surface area contributed by atoms with Gasteiger partial charge in [-0.1, -0.05) is 0 Å². The number of nitrogens with one attached hydrogen (secondary N) is 1. The van der Waals surface area contributed by atoms with Crippen LogP contribution in [-0.4, -0.2) is 28.1 Å². The highest BCUT2D eigenvalue weighted by Gasteiger charge is 2.19. The molecule has 2 aromatic rings. The minimum Gasteiger partial charge on any atom is -0.507 e. The molecule has 1 aromatic heterocycles. The van der Waals surface area contributed by atoms with Crippen LogP contribution in [0.1, 0.15) is 23.6 Å². The third-order valence-electron chi connectivity index (χ3n) is 3.59. The van der Waals surface area contributed by atoms with Crippen LogP contribution in [0, 0.1) is 13.8 Å². The van der Waals surface area contributed by atoms with Crippen molar-refractivity contribution in [3.63, 3.8) is 0 Å². The highest BCUT2D eigenvalue weighted by atomic mass is 16.4. The quantitative estimate of drug-likeness (QED) is 0.730. The lowest BCUT2D eigenvalue weighted by Gasteiger charge is -2.12. The SMILES string of the molecule is Cc1cc(O)c2c(C)c(CC(=O)N[C@H](C)C(=O)O)c(=O)oc2c1. The highest BCUT2D eigenvalue weighted by molar-refractivity contribution is 5.90. The lowest BCUT2D eigenvalue weighted by molar-refractivity contribution is -0.141. The Labute approximate surface area is 131 Å². The molecule has 3 N–H and O–H groups in total. The first-order chi connectivity index (χ1) is 10.7. The third kappa shape index (κ3) is 3.33. The van der Waals surface area contributed by atoms with Gasteiger partial charge in [0.25, 0.3) is 0 Å². The lowest BCUT2D eigenvalue weighted by atomic mass is 10.0. The van der Waals surface area contributed by atoms with Crippen molar-refractivity contribution < 1.29 is 24.2 Å². The Hall–Kier alpha value is -2.83. The first-order valence-corrected chi connectivity index (χ1v) is 6.98. The van der Waals surface area contributed by atoms with Gasteiger partial charge in [0.2, 0.25) is 5.91 Å². The molecule has 23 heavy (non-hydrogen) atoms. The number of aryl methyl sites for hydroxylation is 2.